The Morgan fingerprint density at radius 3 is 2.63 bits per heavy atom. The summed E-state index contributed by atoms with van der Waals surface area (Å²) in [5.74, 6) is -0.127. The monoisotopic (exact) mass is 388 g/mol. The molecule has 6 nitrogen and oxygen atoms in total. The van der Waals surface area contributed by atoms with E-state index < -0.39 is 10.0 Å². The van der Waals surface area contributed by atoms with Crippen molar-refractivity contribution in [2.75, 3.05) is 24.4 Å². The number of morpholine rings is 1. The van der Waals surface area contributed by atoms with Gasteiger partial charge in [-0.05, 0) is 62.2 Å². The lowest BCUT2D eigenvalue weighted by molar-refractivity contribution is -0.0124. The van der Waals surface area contributed by atoms with Crippen LogP contribution in [0, 0.1) is 13.8 Å². The van der Waals surface area contributed by atoms with Crippen LogP contribution >= 0.6 is 0 Å². The Kier molecular flexibility index (Phi) is 5.53. The second-order valence-corrected chi connectivity index (χ2v) is 8.55. The molecule has 2 aromatic carbocycles. The fraction of sp³-hybridized carbons (Fsp3) is 0.350. The molecule has 0 radical (unpaired) electrons. The number of amides is 1. The van der Waals surface area contributed by atoms with Crippen molar-refractivity contribution in [1.29, 1.82) is 0 Å². The molecule has 2 aromatic rings. The van der Waals surface area contributed by atoms with Gasteiger partial charge < -0.3 is 9.64 Å². The molecule has 1 aliphatic heterocycles. The summed E-state index contributed by atoms with van der Waals surface area (Å²) >= 11 is 0. The number of carbonyl (C=O) groups excluding carboxylic acids is 1. The largest absolute Gasteiger partial charge is 0.375 e. The van der Waals surface area contributed by atoms with E-state index >= 15 is 0 Å². The zero-order valence-corrected chi connectivity index (χ0v) is 16.5. The van der Waals surface area contributed by atoms with Gasteiger partial charge in [-0.3, -0.25) is 9.52 Å². The van der Waals surface area contributed by atoms with Gasteiger partial charge in [-0.25, -0.2) is 8.42 Å². The SMILES string of the molecule is Cc1ccc(S(=O)(=O)Nc2cccc(C(=O)N3CCOC(C)C3)c2)cc1C. The van der Waals surface area contributed by atoms with Gasteiger partial charge in [0.2, 0.25) is 0 Å². The summed E-state index contributed by atoms with van der Waals surface area (Å²) in [6.45, 7) is 7.29. The van der Waals surface area contributed by atoms with Crippen LogP contribution < -0.4 is 4.72 Å². The number of ether oxygens (including phenoxy) is 1. The fourth-order valence-corrected chi connectivity index (χ4v) is 4.13. The first-order chi connectivity index (χ1) is 12.8. The van der Waals surface area contributed by atoms with E-state index in [0.29, 0.717) is 30.9 Å². The number of anilines is 1. The molecule has 0 spiro atoms. The minimum absolute atomic E-state index is 0.00541. The van der Waals surface area contributed by atoms with Gasteiger partial charge in [-0.15, -0.1) is 0 Å². The van der Waals surface area contributed by atoms with Crippen LogP contribution in [0.15, 0.2) is 47.4 Å². The lowest BCUT2D eigenvalue weighted by Crippen LogP contribution is -2.44. The highest BCUT2D eigenvalue weighted by Gasteiger charge is 2.23. The smallest absolute Gasteiger partial charge is 0.261 e. The lowest BCUT2D eigenvalue weighted by atomic mass is 10.1. The van der Waals surface area contributed by atoms with Crippen molar-refractivity contribution in [3.8, 4) is 0 Å². The van der Waals surface area contributed by atoms with Crippen LogP contribution in [0.1, 0.15) is 28.4 Å². The van der Waals surface area contributed by atoms with Crippen molar-refractivity contribution >= 4 is 21.6 Å². The molecule has 1 fully saturated rings. The third-order valence-corrected chi connectivity index (χ3v) is 6.06. The summed E-state index contributed by atoms with van der Waals surface area (Å²) in [6, 6.07) is 11.6. The summed E-state index contributed by atoms with van der Waals surface area (Å²) in [6.07, 6.45) is -0.00541. The standard InChI is InChI=1S/C20H24N2O4S/c1-14-7-8-19(11-15(14)2)27(24,25)21-18-6-4-5-17(12-18)20(23)22-9-10-26-16(3)13-22/h4-8,11-12,16,21H,9-10,13H2,1-3H3. The highest BCUT2D eigenvalue weighted by molar-refractivity contribution is 7.92. The number of nitrogens with zero attached hydrogens (tertiary/aromatic N) is 1. The van der Waals surface area contributed by atoms with Crippen LogP contribution in [-0.4, -0.2) is 45.0 Å². The van der Waals surface area contributed by atoms with Gasteiger partial charge in [0.1, 0.15) is 0 Å². The number of hydrogen-bond acceptors (Lipinski definition) is 4. The van der Waals surface area contributed by atoms with Gasteiger partial charge in [0.05, 0.1) is 17.6 Å². The molecule has 1 N–H and O–H groups in total. The van der Waals surface area contributed by atoms with E-state index in [4.69, 9.17) is 4.74 Å². The molecule has 3 rings (SSSR count). The summed E-state index contributed by atoms with van der Waals surface area (Å²) in [4.78, 5) is 14.6. The van der Waals surface area contributed by atoms with Gasteiger partial charge in [0.15, 0.2) is 0 Å². The maximum Gasteiger partial charge on any atom is 0.261 e. The minimum atomic E-state index is -3.72. The average molecular weight is 388 g/mol. The van der Waals surface area contributed by atoms with Gasteiger partial charge in [-0.2, -0.15) is 0 Å². The Hall–Kier alpha value is -2.38. The van der Waals surface area contributed by atoms with Gasteiger partial charge >= 0.3 is 0 Å². The van der Waals surface area contributed by atoms with Crippen molar-refractivity contribution in [3.63, 3.8) is 0 Å². The Morgan fingerprint density at radius 1 is 1.15 bits per heavy atom. The topological polar surface area (TPSA) is 75.7 Å². The van der Waals surface area contributed by atoms with E-state index in [9.17, 15) is 13.2 Å². The zero-order chi connectivity index (χ0) is 19.6. The van der Waals surface area contributed by atoms with Crippen molar-refractivity contribution in [2.45, 2.75) is 31.8 Å². The number of carbonyl (C=O) groups is 1. The molecule has 0 saturated carbocycles. The van der Waals surface area contributed by atoms with Gasteiger partial charge in [0, 0.05) is 24.3 Å². The molecule has 0 bridgehead atoms. The number of hydrogen-bond donors (Lipinski definition) is 1. The fourth-order valence-electron chi connectivity index (χ4n) is 3.00. The van der Waals surface area contributed by atoms with E-state index in [-0.39, 0.29) is 16.9 Å². The quantitative estimate of drug-likeness (QED) is 0.874. The second kappa shape index (κ2) is 7.70. The summed E-state index contributed by atoms with van der Waals surface area (Å²) in [5, 5.41) is 0. The predicted octanol–water partition coefficient (Wildman–Crippen LogP) is 2.97. The zero-order valence-electron chi connectivity index (χ0n) is 15.7. The molecule has 1 unspecified atom stereocenters. The Balaban J connectivity index is 1.80. The van der Waals surface area contributed by atoms with Crippen LogP contribution in [-0.2, 0) is 14.8 Å². The predicted molar refractivity (Wildman–Crippen MR) is 104 cm³/mol. The van der Waals surface area contributed by atoms with Crippen molar-refractivity contribution in [2.24, 2.45) is 0 Å². The summed E-state index contributed by atoms with van der Waals surface area (Å²) < 4.78 is 33.4. The number of aryl methyl sites for hydroxylation is 2. The van der Waals surface area contributed by atoms with E-state index in [1.165, 1.54) is 0 Å². The molecule has 7 heteroatoms. The van der Waals surface area contributed by atoms with E-state index in [2.05, 4.69) is 4.72 Å². The Labute approximate surface area is 160 Å². The van der Waals surface area contributed by atoms with Crippen LogP contribution in [0.5, 0.6) is 0 Å². The van der Waals surface area contributed by atoms with Crippen molar-refractivity contribution in [1.82, 2.24) is 4.90 Å². The Morgan fingerprint density at radius 2 is 1.93 bits per heavy atom. The molecule has 144 valence electrons. The summed E-state index contributed by atoms with van der Waals surface area (Å²) in [7, 11) is -3.72. The van der Waals surface area contributed by atoms with Gasteiger partial charge in [0.25, 0.3) is 15.9 Å². The molecular formula is C20H24N2O4S. The molecule has 1 heterocycles. The van der Waals surface area contributed by atoms with Crippen LogP contribution in [0.4, 0.5) is 5.69 Å². The average Bonchev–Trinajstić information content (AvgIpc) is 2.63. The first-order valence-electron chi connectivity index (χ1n) is 8.87. The highest BCUT2D eigenvalue weighted by Crippen LogP contribution is 2.20. The Bertz CT molecular complexity index is 956. The second-order valence-electron chi connectivity index (χ2n) is 6.86. The first-order valence-corrected chi connectivity index (χ1v) is 10.4. The molecule has 1 saturated heterocycles. The first kappa shape index (κ1) is 19.4. The minimum Gasteiger partial charge on any atom is -0.375 e. The maximum absolute atomic E-state index is 12.7. The maximum atomic E-state index is 12.7. The molecule has 27 heavy (non-hydrogen) atoms. The molecular weight excluding hydrogens is 364 g/mol. The highest BCUT2D eigenvalue weighted by atomic mass is 32.2. The molecule has 0 aromatic heterocycles. The van der Waals surface area contributed by atoms with E-state index in [1.54, 1.807) is 47.4 Å². The summed E-state index contributed by atoms with van der Waals surface area (Å²) in [5.41, 5.74) is 2.74. The number of rotatable bonds is 4. The van der Waals surface area contributed by atoms with E-state index in [1.807, 2.05) is 20.8 Å². The molecule has 1 aliphatic rings. The number of benzene rings is 2. The van der Waals surface area contributed by atoms with Crippen LogP contribution in [0.3, 0.4) is 0 Å². The lowest BCUT2D eigenvalue weighted by Gasteiger charge is -2.31. The number of nitrogens with one attached hydrogen (secondary N) is 1. The molecule has 1 amide bonds. The van der Waals surface area contributed by atoms with Crippen molar-refractivity contribution in [3.05, 3.63) is 59.2 Å². The van der Waals surface area contributed by atoms with Crippen LogP contribution in [0.25, 0.3) is 0 Å². The number of sulfonamides is 1. The van der Waals surface area contributed by atoms with E-state index in [0.717, 1.165) is 11.1 Å². The third-order valence-electron chi connectivity index (χ3n) is 4.68. The van der Waals surface area contributed by atoms with Crippen LogP contribution in [0.2, 0.25) is 0 Å². The van der Waals surface area contributed by atoms with Crippen molar-refractivity contribution < 1.29 is 17.9 Å². The van der Waals surface area contributed by atoms with Gasteiger partial charge in [-0.1, -0.05) is 12.1 Å². The molecule has 0 aliphatic carbocycles. The normalized spacial score (nSPS) is 17.6. The molecule has 1 atom stereocenters. The third kappa shape index (κ3) is 4.48.